The number of rotatable bonds is 9. The standard InChI is InChI=1S/C25H25N5O2/c26-24-23-25(28-16-27-24)30(17-29-23)11-20-21(14-31-12-18-7-3-1-4-8-18)22(20)15-32-13-19-9-5-2-6-10-19/h1-11,16-17,21-22H,12-15H2,(H2,26,27,28)/t21-,22-/m0/s1. The van der Waals surface area contributed by atoms with Crippen LogP contribution in [0.4, 0.5) is 5.82 Å². The first-order chi connectivity index (χ1) is 15.8. The zero-order chi connectivity index (χ0) is 21.8. The fourth-order valence-electron chi connectivity index (χ4n) is 3.90. The Bertz CT molecular complexity index is 1150. The van der Waals surface area contributed by atoms with E-state index in [2.05, 4.69) is 45.4 Å². The normalized spacial score (nSPS) is 17.6. The van der Waals surface area contributed by atoms with Crippen LogP contribution in [0.5, 0.6) is 0 Å². The van der Waals surface area contributed by atoms with Gasteiger partial charge in [0.1, 0.15) is 12.7 Å². The van der Waals surface area contributed by atoms with Crippen LogP contribution < -0.4 is 5.73 Å². The Balaban J connectivity index is 1.28. The summed E-state index contributed by atoms with van der Waals surface area (Å²) in [4.78, 5) is 12.7. The summed E-state index contributed by atoms with van der Waals surface area (Å²) in [5.41, 5.74) is 10.8. The maximum absolute atomic E-state index is 6.03. The van der Waals surface area contributed by atoms with Crippen molar-refractivity contribution < 1.29 is 9.47 Å². The summed E-state index contributed by atoms with van der Waals surface area (Å²) in [5, 5.41) is 0. The molecule has 0 radical (unpaired) electrons. The summed E-state index contributed by atoms with van der Waals surface area (Å²) in [6, 6.07) is 20.4. The van der Waals surface area contributed by atoms with Gasteiger partial charge in [-0.2, -0.15) is 0 Å². The lowest BCUT2D eigenvalue weighted by atomic mass is 10.2. The second-order valence-corrected chi connectivity index (χ2v) is 7.93. The van der Waals surface area contributed by atoms with Crippen molar-refractivity contribution in [2.75, 3.05) is 18.9 Å². The average molecular weight is 428 g/mol. The molecule has 0 saturated heterocycles. The fraction of sp³-hybridized carbons (Fsp3) is 0.240. The number of nitrogens with zero attached hydrogens (tertiary/aromatic N) is 4. The number of hydrogen-bond donors (Lipinski definition) is 1. The third-order valence-electron chi connectivity index (χ3n) is 5.73. The summed E-state index contributed by atoms with van der Waals surface area (Å²) in [6.45, 7) is 2.48. The molecule has 1 saturated carbocycles. The van der Waals surface area contributed by atoms with Crippen LogP contribution in [0.25, 0.3) is 17.4 Å². The van der Waals surface area contributed by atoms with Crippen molar-refractivity contribution in [3.05, 3.63) is 90.0 Å². The molecule has 2 heterocycles. The molecule has 1 aliphatic carbocycles. The number of hydrogen-bond acceptors (Lipinski definition) is 6. The van der Waals surface area contributed by atoms with Gasteiger partial charge in [0.25, 0.3) is 0 Å². The second kappa shape index (κ2) is 9.30. The summed E-state index contributed by atoms with van der Waals surface area (Å²) >= 11 is 0. The molecule has 162 valence electrons. The van der Waals surface area contributed by atoms with Crippen LogP contribution in [-0.2, 0) is 22.7 Å². The molecule has 7 heteroatoms. The molecular formula is C25H25N5O2. The van der Waals surface area contributed by atoms with Gasteiger partial charge in [-0.05, 0) is 16.7 Å². The topological polar surface area (TPSA) is 88.1 Å². The van der Waals surface area contributed by atoms with Crippen molar-refractivity contribution in [2.24, 2.45) is 11.8 Å². The minimum atomic E-state index is 0.297. The number of nitrogen functional groups attached to an aromatic ring is 1. The SMILES string of the molecule is Nc1ncnc2c1ncn2C=C1[C@H](COCc2ccccc2)[C@H]1COCc1ccccc1. The number of benzene rings is 2. The van der Waals surface area contributed by atoms with Gasteiger partial charge in [0.2, 0.25) is 0 Å². The van der Waals surface area contributed by atoms with Crippen LogP contribution in [0.2, 0.25) is 0 Å². The highest BCUT2D eigenvalue weighted by molar-refractivity contribution is 5.82. The van der Waals surface area contributed by atoms with Gasteiger partial charge in [0, 0.05) is 18.0 Å². The molecule has 0 spiro atoms. The highest BCUT2D eigenvalue weighted by atomic mass is 16.5. The summed E-state index contributed by atoms with van der Waals surface area (Å²) in [7, 11) is 0. The quantitative estimate of drug-likeness (QED) is 0.435. The van der Waals surface area contributed by atoms with E-state index in [1.54, 1.807) is 6.33 Å². The van der Waals surface area contributed by atoms with E-state index in [4.69, 9.17) is 15.2 Å². The van der Waals surface area contributed by atoms with Crippen LogP contribution in [-0.4, -0.2) is 32.7 Å². The predicted molar refractivity (Wildman–Crippen MR) is 123 cm³/mol. The van der Waals surface area contributed by atoms with Gasteiger partial charge in [0.15, 0.2) is 17.0 Å². The van der Waals surface area contributed by atoms with Crippen LogP contribution in [0.3, 0.4) is 0 Å². The molecule has 0 aliphatic heterocycles. The molecule has 7 nitrogen and oxygen atoms in total. The second-order valence-electron chi connectivity index (χ2n) is 7.93. The van der Waals surface area contributed by atoms with E-state index in [1.165, 1.54) is 23.0 Å². The molecule has 32 heavy (non-hydrogen) atoms. The summed E-state index contributed by atoms with van der Waals surface area (Å²) in [6.07, 6.45) is 5.27. The minimum Gasteiger partial charge on any atom is -0.382 e. The number of nitrogens with two attached hydrogens (primary N) is 1. The van der Waals surface area contributed by atoms with E-state index < -0.39 is 0 Å². The average Bonchev–Trinajstić information content (AvgIpc) is 3.28. The molecule has 2 aromatic carbocycles. The van der Waals surface area contributed by atoms with Crippen molar-refractivity contribution in [2.45, 2.75) is 13.2 Å². The van der Waals surface area contributed by atoms with Crippen LogP contribution in [0, 0.1) is 11.8 Å². The van der Waals surface area contributed by atoms with Gasteiger partial charge in [-0.15, -0.1) is 0 Å². The lowest BCUT2D eigenvalue weighted by molar-refractivity contribution is 0.0840. The van der Waals surface area contributed by atoms with Crippen molar-refractivity contribution >= 4 is 23.2 Å². The number of fused-ring (bicyclic) bond motifs is 1. The summed E-state index contributed by atoms with van der Waals surface area (Å²) in [5.74, 6) is 0.977. The van der Waals surface area contributed by atoms with Crippen molar-refractivity contribution in [1.29, 1.82) is 0 Å². The van der Waals surface area contributed by atoms with E-state index in [0.717, 1.165) is 0 Å². The number of ether oxygens (including phenoxy) is 2. The molecule has 2 atom stereocenters. The molecule has 2 N–H and O–H groups in total. The lowest BCUT2D eigenvalue weighted by Gasteiger charge is -2.05. The maximum Gasteiger partial charge on any atom is 0.169 e. The molecule has 2 aromatic heterocycles. The Hall–Kier alpha value is -3.55. The first-order valence-electron chi connectivity index (χ1n) is 10.7. The fourth-order valence-corrected chi connectivity index (χ4v) is 3.90. The lowest BCUT2D eigenvalue weighted by Crippen LogP contribution is -2.03. The number of aromatic nitrogens is 4. The van der Waals surface area contributed by atoms with Gasteiger partial charge in [-0.3, -0.25) is 4.57 Å². The van der Waals surface area contributed by atoms with Gasteiger partial charge in [0.05, 0.1) is 26.4 Å². The number of anilines is 1. The highest BCUT2D eigenvalue weighted by Gasteiger charge is 2.44. The predicted octanol–water partition coefficient (Wildman–Crippen LogP) is 3.93. The van der Waals surface area contributed by atoms with Crippen LogP contribution >= 0.6 is 0 Å². The Labute approximate surface area is 186 Å². The molecule has 5 rings (SSSR count). The molecule has 0 unspecified atom stereocenters. The van der Waals surface area contributed by atoms with E-state index in [-0.39, 0.29) is 0 Å². The Kier molecular flexibility index (Phi) is 5.91. The number of imidazole rings is 1. The zero-order valence-corrected chi connectivity index (χ0v) is 17.7. The largest absolute Gasteiger partial charge is 0.382 e. The molecule has 0 amide bonds. The maximum atomic E-state index is 6.03. The molecule has 1 aliphatic rings. The smallest absolute Gasteiger partial charge is 0.169 e. The van der Waals surface area contributed by atoms with Crippen molar-refractivity contribution in [3.63, 3.8) is 0 Å². The van der Waals surface area contributed by atoms with E-state index in [1.807, 2.05) is 41.0 Å². The van der Waals surface area contributed by atoms with Gasteiger partial charge in [-0.1, -0.05) is 60.7 Å². The Morgan fingerprint density at radius 1 is 0.812 bits per heavy atom. The van der Waals surface area contributed by atoms with E-state index in [9.17, 15) is 0 Å². The van der Waals surface area contributed by atoms with Crippen molar-refractivity contribution in [3.8, 4) is 0 Å². The highest BCUT2D eigenvalue weighted by Crippen LogP contribution is 2.47. The zero-order valence-electron chi connectivity index (χ0n) is 17.7. The monoisotopic (exact) mass is 427 g/mol. The van der Waals surface area contributed by atoms with Crippen LogP contribution in [0.15, 0.2) is 78.9 Å². The summed E-state index contributed by atoms with van der Waals surface area (Å²) < 4.78 is 14.0. The Morgan fingerprint density at radius 2 is 1.41 bits per heavy atom. The molecule has 4 aromatic rings. The van der Waals surface area contributed by atoms with Crippen molar-refractivity contribution in [1.82, 2.24) is 19.5 Å². The van der Waals surface area contributed by atoms with E-state index >= 15 is 0 Å². The third kappa shape index (κ3) is 4.54. The van der Waals surface area contributed by atoms with Gasteiger partial charge >= 0.3 is 0 Å². The molecule has 0 bridgehead atoms. The van der Waals surface area contributed by atoms with Gasteiger partial charge < -0.3 is 15.2 Å². The first kappa shape index (κ1) is 20.4. The minimum absolute atomic E-state index is 0.297. The van der Waals surface area contributed by atoms with Crippen LogP contribution in [0.1, 0.15) is 11.1 Å². The third-order valence-corrected chi connectivity index (χ3v) is 5.73. The van der Waals surface area contributed by atoms with E-state index in [0.29, 0.717) is 55.2 Å². The Morgan fingerprint density at radius 3 is 2.00 bits per heavy atom. The molecular weight excluding hydrogens is 402 g/mol. The first-order valence-corrected chi connectivity index (χ1v) is 10.7. The molecule has 1 fully saturated rings. The van der Waals surface area contributed by atoms with Gasteiger partial charge in [-0.25, -0.2) is 15.0 Å².